The van der Waals surface area contributed by atoms with Gasteiger partial charge in [0.25, 0.3) is 0 Å². The number of aryl methyl sites for hydroxylation is 1. The number of benzene rings is 1. The summed E-state index contributed by atoms with van der Waals surface area (Å²) in [6, 6.07) is 5.89. The van der Waals surface area contributed by atoms with Crippen LogP contribution in [0.3, 0.4) is 0 Å². The lowest BCUT2D eigenvalue weighted by Crippen LogP contribution is -2.44. The van der Waals surface area contributed by atoms with Crippen LogP contribution in [0.5, 0.6) is 5.75 Å². The van der Waals surface area contributed by atoms with Crippen molar-refractivity contribution in [2.45, 2.75) is 39.3 Å². The van der Waals surface area contributed by atoms with E-state index in [-0.39, 0.29) is 18.0 Å². The Bertz CT molecular complexity index is 487. The Hall–Kier alpha value is -1.55. The van der Waals surface area contributed by atoms with Gasteiger partial charge in [0.2, 0.25) is 5.91 Å². The quantitative estimate of drug-likeness (QED) is 0.886. The van der Waals surface area contributed by atoms with Crippen LogP contribution in [0.2, 0.25) is 0 Å². The fourth-order valence-corrected chi connectivity index (χ4v) is 2.76. The first-order valence-electron chi connectivity index (χ1n) is 7.21. The zero-order chi connectivity index (χ0) is 14.7. The van der Waals surface area contributed by atoms with Crippen molar-refractivity contribution < 1.29 is 9.53 Å². The second-order valence-corrected chi connectivity index (χ2v) is 5.67. The molecule has 0 spiro atoms. The van der Waals surface area contributed by atoms with Gasteiger partial charge in [-0.3, -0.25) is 4.79 Å². The average molecular weight is 276 g/mol. The zero-order valence-electron chi connectivity index (χ0n) is 12.7. The molecule has 2 rings (SSSR count). The number of rotatable bonds is 4. The van der Waals surface area contributed by atoms with Gasteiger partial charge in [0.15, 0.2) is 0 Å². The number of carbonyl (C=O) groups is 1. The largest absolute Gasteiger partial charge is 0.496 e. The van der Waals surface area contributed by atoms with E-state index in [2.05, 4.69) is 23.6 Å². The third-order valence-corrected chi connectivity index (χ3v) is 4.03. The lowest BCUT2D eigenvalue weighted by atomic mass is 10.0. The second-order valence-electron chi connectivity index (χ2n) is 5.67. The lowest BCUT2D eigenvalue weighted by Gasteiger charge is -2.21. The molecule has 2 N–H and O–H groups in total. The minimum Gasteiger partial charge on any atom is -0.496 e. The van der Waals surface area contributed by atoms with Crippen molar-refractivity contribution in [2.75, 3.05) is 13.7 Å². The number of ether oxygens (including phenoxy) is 1. The molecule has 1 aliphatic heterocycles. The topological polar surface area (TPSA) is 50.4 Å². The van der Waals surface area contributed by atoms with Crippen LogP contribution in [0.15, 0.2) is 18.2 Å². The van der Waals surface area contributed by atoms with Gasteiger partial charge < -0.3 is 15.4 Å². The van der Waals surface area contributed by atoms with Crippen molar-refractivity contribution >= 4 is 5.91 Å². The first-order valence-corrected chi connectivity index (χ1v) is 7.21. The summed E-state index contributed by atoms with van der Waals surface area (Å²) in [5.41, 5.74) is 2.18. The summed E-state index contributed by atoms with van der Waals surface area (Å²) in [5.74, 6) is 1.28. The third kappa shape index (κ3) is 3.12. The highest BCUT2D eigenvalue weighted by molar-refractivity contribution is 5.82. The van der Waals surface area contributed by atoms with Gasteiger partial charge in [-0.2, -0.15) is 0 Å². The summed E-state index contributed by atoms with van der Waals surface area (Å²) in [6.45, 7) is 7.07. The summed E-state index contributed by atoms with van der Waals surface area (Å²) in [4.78, 5) is 12.3. The molecule has 4 nitrogen and oxygen atoms in total. The molecule has 110 valence electrons. The molecule has 1 fully saturated rings. The molecule has 0 aromatic heterocycles. The van der Waals surface area contributed by atoms with E-state index in [1.54, 1.807) is 7.11 Å². The first-order chi connectivity index (χ1) is 9.52. The van der Waals surface area contributed by atoms with Crippen molar-refractivity contribution in [1.29, 1.82) is 0 Å². The number of hydrogen-bond donors (Lipinski definition) is 2. The second kappa shape index (κ2) is 6.27. The standard InChI is InChI=1S/C16H24N2O2/c1-10-5-6-14(20-4)13(9-10)12(3)18-16(19)15-11(2)7-8-17-15/h5-6,9,11-12,15,17H,7-8H2,1-4H3,(H,18,19). The van der Waals surface area contributed by atoms with Gasteiger partial charge in [-0.25, -0.2) is 0 Å². The molecule has 4 heteroatoms. The van der Waals surface area contributed by atoms with E-state index < -0.39 is 0 Å². The van der Waals surface area contributed by atoms with Crippen molar-refractivity contribution in [3.8, 4) is 5.75 Å². The van der Waals surface area contributed by atoms with Crippen molar-refractivity contribution in [2.24, 2.45) is 5.92 Å². The van der Waals surface area contributed by atoms with Gasteiger partial charge in [-0.1, -0.05) is 24.6 Å². The van der Waals surface area contributed by atoms with Crippen LogP contribution < -0.4 is 15.4 Å². The van der Waals surface area contributed by atoms with Gasteiger partial charge >= 0.3 is 0 Å². The minimum absolute atomic E-state index is 0.0630. The minimum atomic E-state index is -0.0757. The molecule has 0 bridgehead atoms. The Balaban J connectivity index is 2.09. The van der Waals surface area contributed by atoms with Gasteiger partial charge in [-0.05, 0) is 38.8 Å². The summed E-state index contributed by atoms with van der Waals surface area (Å²) in [5, 5.41) is 6.35. The van der Waals surface area contributed by atoms with Crippen molar-refractivity contribution in [3.63, 3.8) is 0 Å². The number of amides is 1. The van der Waals surface area contributed by atoms with Crippen LogP contribution in [0.1, 0.15) is 37.4 Å². The molecule has 3 atom stereocenters. The van der Waals surface area contributed by atoms with Crippen molar-refractivity contribution in [1.82, 2.24) is 10.6 Å². The van der Waals surface area contributed by atoms with E-state index in [0.717, 1.165) is 29.8 Å². The molecular weight excluding hydrogens is 252 g/mol. The van der Waals surface area contributed by atoms with Crippen LogP contribution in [0.4, 0.5) is 0 Å². The fraction of sp³-hybridized carbons (Fsp3) is 0.562. The first kappa shape index (κ1) is 14.9. The Labute approximate surface area is 120 Å². The molecule has 1 saturated heterocycles. The maximum Gasteiger partial charge on any atom is 0.237 e. The third-order valence-electron chi connectivity index (χ3n) is 4.03. The van der Waals surface area contributed by atoms with E-state index in [4.69, 9.17) is 4.74 Å². The highest BCUT2D eigenvalue weighted by Crippen LogP contribution is 2.26. The molecular formula is C16H24N2O2. The number of hydrogen-bond acceptors (Lipinski definition) is 3. The predicted octanol–water partition coefficient (Wildman–Crippen LogP) is 2.18. The fourth-order valence-electron chi connectivity index (χ4n) is 2.76. The summed E-state index contributed by atoms with van der Waals surface area (Å²) in [6.07, 6.45) is 1.06. The molecule has 3 unspecified atom stereocenters. The Kier molecular flexibility index (Phi) is 4.65. The van der Waals surface area contributed by atoms with Gasteiger partial charge in [-0.15, -0.1) is 0 Å². The maximum atomic E-state index is 12.3. The molecule has 1 aromatic carbocycles. The highest BCUT2D eigenvalue weighted by Gasteiger charge is 2.30. The maximum absolute atomic E-state index is 12.3. The van der Waals surface area contributed by atoms with E-state index in [0.29, 0.717) is 5.92 Å². The predicted molar refractivity (Wildman–Crippen MR) is 79.9 cm³/mol. The lowest BCUT2D eigenvalue weighted by molar-refractivity contribution is -0.124. The number of carbonyl (C=O) groups excluding carboxylic acids is 1. The highest BCUT2D eigenvalue weighted by atomic mass is 16.5. The molecule has 0 radical (unpaired) electrons. The Morgan fingerprint density at radius 1 is 1.50 bits per heavy atom. The van der Waals surface area contributed by atoms with Gasteiger partial charge in [0, 0.05) is 5.56 Å². The Morgan fingerprint density at radius 2 is 2.25 bits per heavy atom. The van der Waals surface area contributed by atoms with E-state index >= 15 is 0 Å². The molecule has 1 heterocycles. The number of methoxy groups -OCH3 is 1. The monoisotopic (exact) mass is 276 g/mol. The normalized spacial score (nSPS) is 23.4. The SMILES string of the molecule is COc1ccc(C)cc1C(C)NC(=O)C1NCCC1C. The van der Waals surface area contributed by atoms with E-state index in [1.165, 1.54) is 0 Å². The van der Waals surface area contributed by atoms with E-state index in [9.17, 15) is 4.79 Å². The zero-order valence-corrected chi connectivity index (χ0v) is 12.7. The molecule has 1 aliphatic rings. The molecule has 1 amide bonds. The van der Waals surface area contributed by atoms with Crippen LogP contribution in [0.25, 0.3) is 0 Å². The Morgan fingerprint density at radius 3 is 2.85 bits per heavy atom. The number of nitrogens with one attached hydrogen (secondary N) is 2. The van der Waals surface area contributed by atoms with Crippen molar-refractivity contribution in [3.05, 3.63) is 29.3 Å². The molecule has 20 heavy (non-hydrogen) atoms. The van der Waals surface area contributed by atoms with Crippen LogP contribution in [0, 0.1) is 12.8 Å². The summed E-state index contributed by atoms with van der Waals surface area (Å²) in [7, 11) is 1.66. The van der Waals surface area contributed by atoms with E-state index in [1.807, 2.05) is 26.0 Å². The molecule has 1 aromatic rings. The van der Waals surface area contributed by atoms with Gasteiger partial charge in [0.05, 0.1) is 19.2 Å². The average Bonchev–Trinajstić information content (AvgIpc) is 2.85. The molecule has 0 saturated carbocycles. The van der Waals surface area contributed by atoms with Gasteiger partial charge in [0.1, 0.15) is 5.75 Å². The smallest absolute Gasteiger partial charge is 0.237 e. The van der Waals surface area contributed by atoms with Crippen LogP contribution >= 0.6 is 0 Å². The summed E-state index contributed by atoms with van der Waals surface area (Å²) >= 11 is 0. The van der Waals surface area contributed by atoms with Crippen LogP contribution in [-0.4, -0.2) is 25.6 Å². The summed E-state index contributed by atoms with van der Waals surface area (Å²) < 4.78 is 5.38. The van der Waals surface area contributed by atoms with Crippen LogP contribution in [-0.2, 0) is 4.79 Å². The molecule has 0 aliphatic carbocycles.